The number of halogens is 1. The molecule has 0 amide bonds. The normalized spacial score (nSPS) is 19.7. The van der Waals surface area contributed by atoms with Gasteiger partial charge in [-0.05, 0) is 18.9 Å². The average molecular weight is 427 g/mol. The van der Waals surface area contributed by atoms with Crippen molar-refractivity contribution in [2.45, 2.75) is 19.3 Å². The maximum absolute atomic E-state index is 8.84. The van der Waals surface area contributed by atoms with Crippen LogP contribution in [-0.2, 0) is 0 Å². The third-order valence-corrected chi connectivity index (χ3v) is 4.43. The van der Waals surface area contributed by atoms with E-state index in [-0.39, 0.29) is 29.4 Å². The summed E-state index contributed by atoms with van der Waals surface area (Å²) in [6, 6.07) is 4.07. The van der Waals surface area contributed by atoms with Crippen LogP contribution in [0.2, 0.25) is 0 Å². The van der Waals surface area contributed by atoms with Crippen molar-refractivity contribution >= 4 is 35.9 Å². The number of nitriles is 1. The molecule has 2 aliphatic rings. The zero-order chi connectivity index (χ0) is 15.4. The lowest BCUT2D eigenvalue weighted by atomic mass is 10.0. The predicted molar refractivity (Wildman–Crippen MR) is 99.6 cm³/mol. The Labute approximate surface area is 153 Å². The quantitative estimate of drug-likeness (QED) is 0.441. The molecule has 0 radical (unpaired) electrons. The first kappa shape index (κ1) is 17.7. The van der Waals surface area contributed by atoms with Crippen molar-refractivity contribution in [3.05, 3.63) is 18.5 Å². The molecular weight excluding hydrogens is 405 g/mol. The van der Waals surface area contributed by atoms with Crippen molar-refractivity contribution in [2.75, 3.05) is 37.6 Å². The molecule has 1 aliphatic carbocycles. The predicted octanol–water partition coefficient (Wildman–Crippen LogP) is 1.23. The Kier molecular flexibility index (Phi) is 5.98. The van der Waals surface area contributed by atoms with Crippen molar-refractivity contribution in [3.63, 3.8) is 0 Å². The molecule has 1 aromatic heterocycles. The van der Waals surface area contributed by atoms with Crippen molar-refractivity contribution in [2.24, 2.45) is 16.1 Å². The topological polar surface area (TPSA) is 94.4 Å². The standard InChI is InChI=1S/C15H21N7.HI/c16-5-4-15(2-3-15)12-20-13(17)21-8-10-22(11-9-21)14-18-6-1-7-19-14;/h1,6-7H,2-4,8-12H2,(H2,17,20);1H. The number of piperazine rings is 1. The summed E-state index contributed by atoms with van der Waals surface area (Å²) >= 11 is 0. The number of guanidine groups is 1. The van der Waals surface area contributed by atoms with E-state index in [2.05, 4.69) is 30.8 Å². The maximum Gasteiger partial charge on any atom is 0.225 e. The van der Waals surface area contributed by atoms with Crippen molar-refractivity contribution in [1.29, 1.82) is 5.26 Å². The Bertz CT molecular complexity index is 571. The molecule has 0 unspecified atom stereocenters. The summed E-state index contributed by atoms with van der Waals surface area (Å²) in [7, 11) is 0. The minimum Gasteiger partial charge on any atom is -0.370 e. The van der Waals surface area contributed by atoms with E-state index < -0.39 is 0 Å². The van der Waals surface area contributed by atoms with Crippen LogP contribution in [0.5, 0.6) is 0 Å². The van der Waals surface area contributed by atoms with Crippen LogP contribution in [0.4, 0.5) is 5.95 Å². The lowest BCUT2D eigenvalue weighted by Gasteiger charge is -2.35. The lowest BCUT2D eigenvalue weighted by molar-refractivity contribution is 0.376. The van der Waals surface area contributed by atoms with Gasteiger partial charge in [-0.3, -0.25) is 4.99 Å². The minimum atomic E-state index is 0. The van der Waals surface area contributed by atoms with Gasteiger partial charge >= 0.3 is 0 Å². The number of aromatic nitrogens is 2. The Morgan fingerprint density at radius 1 is 1.26 bits per heavy atom. The second-order valence-electron chi connectivity index (χ2n) is 6.03. The van der Waals surface area contributed by atoms with Crippen LogP contribution in [0.15, 0.2) is 23.5 Å². The SMILES string of the molecule is I.N#CCC1(CN=C(N)N2CCN(c3ncccn3)CC2)CC1. The van der Waals surface area contributed by atoms with Crippen LogP contribution in [0.25, 0.3) is 0 Å². The first-order chi connectivity index (χ1) is 10.7. The van der Waals surface area contributed by atoms with E-state index in [0.717, 1.165) is 45.0 Å². The van der Waals surface area contributed by atoms with Crippen molar-refractivity contribution in [1.82, 2.24) is 14.9 Å². The van der Waals surface area contributed by atoms with Gasteiger partial charge in [0, 0.05) is 57.0 Å². The van der Waals surface area contributed by atoms with Gasteiger partial charge in [-0.1, -0.05) is 0 Å². The maximum atomic E-state index is 8.84. The molecule has 23 heavy (non-hydrogen) atoms. The minimum absolute atomic E-state index is 0. The van der Waals surface area contributed by atoms with Gasteiger partial charge in [-0.15, -0.1) is 24.0 Å². The molecule has 2 fully saturated rings. The number of anilines is 1. The highest BCUT2D eigenvalue weighted by Gasteiger charge is 2.42. The van der Waals surface area contributed by atoms with Crippen LogP contribution < -0.4 is 10.6 Å². The first-order valence-electron chi connectivity index (χ1n) is 7.66. The summed E-state index contributed by atoms with van der Waals surface area (Å²) in [5.74, 6) is 1.36. The first-order valence-corrected chi connectivity index (χ1v) is 7.66. The van der Waals surface area contributed by atoms with Gasteiger partial charge in [0.1, 0.15) is 0 Å². The zero-order valence-corrected chi connectivity index (χ0v) is 15.4. The van der Waals surface area contributed by atoms with E-state index in [9.17, 15) is 0 Å². The van der Waals surface area contributed by atoms with E-state index in [0.29, 0.717) is 18.9 Å². The Balaban J connectivity index is 0.00000192. The molecule has 2 N–H and O–H groups in total. The third-order valence-electron chi connectivity index (χ3n) is 4.43. The summed E-state index contributed by atoms with van der Waals surface area (Å²) in [4.78, 5) is 17.3. The van der Waals surface area contributed by atoms with Gasteiger partial charge in [0.15, 0.2) is 5.96 Å². The van der Waals surface area contributed by atoms with E-state index in [1.165, 1.54) is 0 Å². The number of nitrogens with two attached hydrogens (primary N) is 1. The van der Waals surface area contributed by atoms with E-state index in [1.54, 1.807) is 12.4 Å². The zero-order valence-electron chi connectivity index (χ0n) is 13.1. The Morgan fingerprint density at radius 3 is 2.48 bits per heavy atom. The molecular formula is C15H22IN7. The molecule has 0 spiro atoms. The molecule has 0 aromatic carbocycles. The van der Waals surface area contributed by atoms with Gasteiger partial charge < -0.3 is 15.5 Å². The second-order valence-corrected chi connectivity index (χ2v) is 6.03. The Morgan fingerprint density at radius 2 is 1.91 bits per heavy atom. The monoisotopic (exact) mass is 427 g/mol. The van der Waals surface area contributed by atoms with Crippen LogP contribution in [0.3, 0.4) is 0 Å². The summed E-state index contributed by atoms with van der Waals surface area (Å²) in [5, 5.41) is 8.84. The summed E-state index contributed by atoms with van der Waals surface area (Å²) < 4.78 is 0. The molecule has 1 saturated carbocycles. The molecule has 1 saturated heterocycles. The van der Waals surface area contributed by atoms with Crippen LogP contribution in [-0.4, -0.2) is 53.6 Å². The fourth-order valence-electron chi connectivity index (χ4n) is 2.67. The van der Waals surface area contributed by atoms with Crippen LogP contribution in [0.1, 0.15) is 19.3 Å². The van der Waals surface area contributed by atoms with E-state index in [1.807, 2.05) is 6.07 Å². The van der Waals surface area contributed by atoms with E-state index in [4.69, 9.17) is 11.0 Å². The van der Waals surface area contributed by atoms with Gasteiger partial charge in [-0.2, -0.15) is 5.26 Å². The molecule has 8 heteroatoms. The largest absolute Gasteiger partial charge is 0.370 e. The molecule has 1 aliphatic heterocycles. The average Bonchev–Trinajstić information content (AvgIpc) is 3.34. The highest BCUT2D eigenvalue weighted by atomic mass is 127. The Hall–Kier alpha value is -1.63. The highest BCUT2D eigenvalue weighted by molar-refractivity contribution is 14.0. The van der Waals surface area contributed by atoms with Crippen LogP contribution in [0, 0.1) is 16.7 Å². The summed E-state index contributed by atoms with van der Waals surface area (Å²) in [6.07, 6.45) is 6.29. The molecule has 124 valence electrons. The van der Waals surface area contributed by atoms with E-state index >= 15 is 0 Å². The van der Waals surface area contributed by atoms with Crippen molar-refractivity contribution in [3.8, 4) is 6.07 Å². The molecule has 3 rings (SSSR count). The molecule has 0 atom stereocenters. The second kappa shape index (κ2) is 7.77. The van der Waals surface area contributed by atoms with Gasteiger partial charge in [0.05, 0.1) is 6.07 Å². The highest BCUT2D eigenvalue weighted by Crippen LogP contribution is 2.48. The third kappa shape index (κ3) is 4.43. The molecule has 1 aromatic rings. The van der Waals surface area contributed by atoms with Gasteiger partial charge in [0.2, 0.25) is 5.95 Å². The molecule has 0 bridgehead atoms. The lowest BCUT2D eigenvalue weighted by Crippen LogP contribution is -2.51. The number of aliphatic imine (C=N–C) groups is 1. The molecule has 7 nitrogen and oxygen atoms in total. The van der Waals surface area contributed by atoms with Crippen molar-refractivity contribution < 1.29 is 0 Å². The summed E-state index contributed by atoms with van der Waals surface area (Å²) in [5.41, 5.74) is 6.22. The number of hydrogen-bond acceptors (Lipinski definition) is 5. The van der Waals surface area contributed by atoms with Crippen LogP contribution >= 0.6 is 24.0 Å². The molecule has 2 heterocycles. The van der Waals surface area contributed by atoms with Gasteiger partial charge in [-0.25, -0.2) is 9.97 Å². The number of nitrogens with zero attached hydrogens (tertiary/aromatic N) is 6. The number of hydrogen-bond donors (Lipinski definition) is 1. The fraction of sp³-hybridized carbons (Fsp3) is 0.600. The number of rotatable bonds is 4. The summed E-state index contributed by atoms with van der Waals surface area (Å²) in [6.45, 7) is 3.99. The smallest absolute Gasteiger partial charge is 0.225 e. The van der Waals surface area contributed by atoms with Gasteiger partial charge in [0.25, 0.3) is 0 Å². The fourth-order valence-corrected chi connectivity index (χ4v) is 2.67.